The van der Waals surface area contributed by atoms with Crippen LogP contribution in [0, 0.1) is 0 Å². The number of likely N-dealkylation sites (N-methyl/N-ethyl adjacent to an activating group) is 1. The van der Waals surface area contributed by atoms with Crippen molar-refractivity contribution in [3.63, 3.8) is 0 Å². The molecule has 1 N–H and O–H groups in total. The number of Topliss-reactive ketones (excluding diaryl/α,β-unsaturated/α-hetero) is 1. The fourth-order valence-corrected chi connectivity index (χ4v) is 2.58. The van der Waals surface area contributed by atoms with Gasteiger partial charge in [-0.2, -0.15) is 13.2 Å². The predicted molar refractivity (Wildman–Crippen MR) is 75.3 cm³/mol. The van der Waals surface area contributed by atoms with E-state index in [0.717, 1.165) is 7.05 Å². The second kappa shape index (κ2) is 7.09. The average molecular weight is 352 g/mol. The molecule has 0 unspecified atom stereocenters. The van der Waals surface area contributed by atoms with Crippen LogP contribution in [0.15, 0.2) is 29.2 Å². The molecule has 0 aliphatic carbocycles. The highest BCUT2D eigenvalue weighted by molar-refractivity contribution is 7.89. The molecular formula is C13H15F3N2O4S. The Hall–Kier alpha value is -1.94. The van der Waals surface area contributed by atoms with E-state index in [-0.39, 0.29) is 10.7 Å². The molecule has 6 nitrogen and oxygen atoms in total. The largest absolute Gasteiger partial charge is 0.406 e. The lowest BCUT2D eigenvalue weighted by Crippen LogP contribution is -2.42. The molecular weight excluding hydrogens is 337 g/mol. The molecule has 0 spiro atoms. The predicted octanol–water partition coefficient (Wildman–Crippen LogP) is 1.19. The van der Waals surface area contributed by atoms with E-state index in [1.165, 1.54) is 31.2 Å². The maximum Gasteiger partial charge on any atom is 0.406 e. The molecule has 0 bridgehead atoms. The van der Waals surface area contributed by atoms with E-state index in [1.54, 1.807) is 0 Å². The van der Waals surface area contributed by atoms with E-state index in [9.17, 15) is 31.2 Å². The number of rotatable bonds is 6. The number of carbonyl (C=O) groups is 2. The number of alkyl halides is 3. The minimum Gasteiger partial charge on any atom is -0.336 e. The highest BCUT2D eigenvalue weighted by Gasteiger charge is 2.31. The molecule has 128 valence electrons. The van der Waals surface area contributed by atoms with Crippen molar-refractivity contribution in [3.8, 4) is 0 Å². The number of nitrogens with zero attached hydrogens (tertiary/aromatic N) is 1. The van der Waals surface area contributed by atoms with Gasteiger partial charge in [-0.15, -0.1) is 0 Å². The molecule has 1 rings (SSSR count). The molecule has 1 aromatic carbocycles. The topological polar surface area (TPSA) is 83.5 Å². The Balaban J connectivity index is 2.72. The van der Waals surface area contributed by atoms with Crippen molar-refractivity contribution >= 4 is 21.7 Å². The normalized spacial score (nSPS) is 12.0. The summed E-state index contributed by atoms with van der Waals surface area (Å²) < 4.78 is 62.2. The van der Waals surface area contributed by atoms with Crippen molar-refractivity contribution < 1.29 is 31.2 Å². The molecule has 0 atom stereocenters. The third-order valence-corrected chi connectivity index (χ3v) is 4.24. The van der Waals surface area contributed by atoms with E-state index in [2.05, 4.69) is 0 Å². The van der Waals surface area contributed by atoms with E-state index < -0.39 is 35.2 Å². The van der Waals surface area contributed by atoms with Crippen LogP contribution in [0.1, 0.15) is 17.3 Å². The molecule has 0 aliphatic heterocycles. The van der Waals surface area contributed by atoms with E-state index >= 15 is 0 Å². The van der Waals surface area contributed by atoms with Crippen molar-refractivity contribution in [3.05, 3.63) is 29.8 Å². The monoisotopic (exact) mass is 352 g/mol. The molecule has 0 aliphatic rings. The molecule has 0 aromatic heterocycles. The van der Waals surface area contributed by atoms with Crippen LogP contribution in [-0.4, -0.2) is 51.3 Å². The maximum absolute atomic E-state index is 12.1. The molecule has 1 amide bonds. The third kappa shape index (κ3) is 5.99. The smallest absolute Gasteiger partial charge is 0.336 e. The van der Waals surface area contributed by atoms with Gasteiger partial charge in [-0.1, -0.05) is 12.1 Å². The van der Waals surface area contributed by atoms with Crippen molar-refractivity contribution in [2.45, 2.75) is 18.0 Å². The molecule has 0 saturated carbocycles. The average Bonchev–Trinajstić information content (AvgIpc) is 2.43. The summed E-state index contributed by atoms with van der Waals surface area (Å²) in [5, 5.41) is 0. The maximum atomic E-state index is 12.1. The summed E-state index contributed by atoms with van der Waals surface area (Å²) in [6.45, 7) is -0.957. The summed E-state index contributed by atoms with van der Waals surface area (Å²) in [6.07, 6.45) is -4.56. The van der Waals surface area contributed by atoms with E-state index in [1.807, 2.05) is 4.72 Å². The first kappa shape index (κ1) is 19.1. The summed E-state index contributed by atoms with van der Waals surface area (Å²) in [5.41, 5.74) is 0.310. The van der Waals surface area contributed by atoms with Gasteiger partial charge in [0.05, 0.1) is 11.4 Å². The Morgan fingerprint density at radius 2 is 1.70 bits per heavy atom. The SMILES string of the molecule is CC(=O)c1ccc(S(=O)(=O)NCC(=O)N(C)CC(F)(F)F)cc1. The van der Waals surface area contributed by atoms with Gasteiger partial charge in [0.25, 0.3) is 0 Å². The van der Waals surface area contributed by atoms with Gasteiger partial charge in [0, 0.05) is 12.6 Å². The first-order valence-corrected chi connectivity index (χ1v) is 7.82. The van der Waals surface area contributed by atoms with Gasteiger partial charge in [0.1, 0.15) is 6.54 Å². The molecule has 0 heterocycles. The number of halogens is 3. The minimum atomic E-state index is -4.56. The second-order valence-electron chi connectivity index (χ2n) is 4.77. The highest BCUT2D eigenvalue weighted by Crippen LogP contribution is 2.15. The number of amides is 1. The van der Waals surface area contributed by atoms with Crippen LogP contribution in [0.25, 0.3) is 0 Å². The molecule has 23 heavy (non-hydrogen) atoms. The minimum absolute atomic E-state index is 0.200. The molecule has 1 aromatic rings. The quantitative estimate of drug-likeness (QED) is 0.780. The number of carbonyl (C=O) groups excluding carboxylic acids is 2. The number of hydrogen-bond acceptors (Lipinski definition) is 4. The summed E-state index contributed by atoms with van der Waals surface area (Å²) >= 11 is 0. The van der Waals surface area contributed by atoms with Crippen LogP contribution < -0.4 is 4.72 Å². The second-order valence-corrected chi connectivity index (χ2v) is 6.54. The zero-order valence-corrected chi connectivity index (χ0v) is 13.2. The van der Waals surface area contributed by atoms with Crippen LogP contribution in [0.4, 0.5) is 13.2 Å². The lowest BCUT2D eigenvalue weighted by atomic mass is 10.2. The number of hydrogen-bond donors (Lipinski definition) is 1. The van der Waals surface area contributed by atoms with E-state index in [4.69, 9.17) is 0 Å². The Morgan fingerprint density at radius 3 is 2.13 bits per heavy atom. The zero-order chi connectivity index (χ0) is 17.8. The highest BCUT2D eigenvalue weighted by atomic mass is 32.2. The van der Waals surface area contributed by atoms with Crippen molar-refractivity contribution in [2.24, 2.45) is 0 Å². The Morgan fingerprint density at radius 1 is 1.17 bits per heavy atom. The van der Waals surface area contributed by atoms with Crippen molar-refractivity contribution in [1.82, 2.24) is 9.62 Å². The van der Waals surface area contributed by atoms with Crippen LogP contribution in [-0.2, 0) is 14.8 Å². The molecule has 0 radical (unpaired) electrons. The van der Waals surface area contributed by atoms with Crippen molar-refractivity contribution in [2.75, 3.05) is 20.1 Å². The van der Waals surface area contributed by atoms with Crippen LogP contribution in [0.5, 0.6) is 0 Å². The van der Waals surface area contributed by atoms with Crippen LogP contribution in [0.2, 0.25) is 0 Å². The third-order valence-electron chi connectivity index (χ3n) is 2.83. The molecule has 10 heteroatoms. The lowest BCUT2D eigenvalue weighted by molar-refractivity contribution is -0.157. The van der Waals surface area contributed by atoms with Crippen molar-refractivity contribution in [1.29, 1.82) is 0 Å². The van der Waals surface area contributed by atoms with Gasteiger partial charge in [-0.05, 0) is 19.1 Å². The molecule has 0 saturated heterocycles. The van der Waals surface area contributed by atoms with Gasteiger partial charge in [0.15, 0.2) is 5.78 Å². The van der Waals surface area contributed by atoms with Gasteiger partial charge >= 0.3 is 6.18 Å². The summed E-state index contributed by atoms with van der Waals surface area (Å²) in [4.78, 5) is 22.8. The fraction of sp³-hybridized carbons (Fsp3) is 0.385. The summed E-state index contributed by atoms with van der Waals surface area (Å²) in [6, 6.07) is 4.94. The summed E-state index contributed by atoms with van der Waals surface area (Å²) in [5.74, 6) is -1.27. The van der Waals surface area contributed by atoms with Crippen LogP contribution in [0.3, 0.4) is 0 Å². The Labute approximate surface area is 131 Å². The van der Waals surface area contributed by atoms with Gasteiger partial charge < -0.3 is 4.90 Å². The first-order chi connectivity index (χ1) is 10.4. The fourth-order valence-electron chi connectivity index (χ4n) is 1.60. The zero-order valence-electron chi connectivity index (χ0n) is 12.3. The number of nitrogens with one attached hydrogen (secondary N) is 1. The van der Waals surface area contributed by atoms with E-state index in [0.29, 0.717) is 10.5 Å². The lowest BCUT2D eigenvalue weighted by Gasteiger charge is -2.19. The number of ketones is 1. The standard InChI is InChI=1S/C13H15F3N2O4S/c1-9(19)10-3-5-11(6-4-10)23(21,22)17-7-12(20)18(2)8-13(14,15)16/h3-6,17H,7-8H2,1-2H3. The Kier molecular flexibility index (Phi) is 5.89. The van der Waals surface area contributed by atoms with Crippen LogP contribution >= 0.6 is 0 Å². The number of benzene rings is 1. The molecule has 0 fully saturated rings. The van der Waals surface area contributed by atoms with Gasteiger partial charge in [0.2, 0.25) is 15.9 Å². The first-order valence-electron chi connectivity index (χ1n) is 6.34. The van der Waals surface area contributed by atoms with Gasteiger partial charge in [-0.3, -0.25) is 9.59 Å². The summed E-state index contributed by atoms with van der Waals surface area (Å²) in [7, 11) is -3.14. The number of sulfonamides is 1. The Bertz CT molecular complexity index is 684. The van der Waals surface area contributed by atoms with Gasteiger partial charge in [-0.25, -0.2) is 13.1 Å².